The predicted molar refractivity (Wildman–Crippen MR) is 81.4 cm³/mol. The van der Waals surface area contributed by atoms with Crippen LogP contribution in [-0.2, 0) is 0 Å². The summed E-state index contributed by atoms with van der Waals surface area (Å²) in [6.45, 7) is 0. The van der Waals surface area contributed by atoms with Gasteiger partial charge in [0.1, 0.15) is 11.5 Å². The minimum Gasteiger partial charge on any atom is -0.495 e. The first-order valence-corrected chi connectivity index (χ1v) is 6.41. The van der Waals surface area contributed by atoms with Gasteiger partial charge in [-0.2, -0.15) is 0 Å². The van der Waals surface area contributed by atoms with Crippen LogP contribution in [-0.4, -0.2) is 25.2 Å². The van der Waals surface area contributed by atoms with Crippen molar-refractivity contribution in [2.75, 3.05) is 24.9 Å². The van der Waals surface area contributed by atoms with Gasteiger partial charge in [-0.25, -0.2) is 4.79 Å². The van der Waals surface area contributed by atoms with Crippen LogP contribution >= 0.6 is 11.6 Å². The van der Waals surface area contributed by atoms with Crippen LogP contribution in [0.25, 0.3) is 0 Å². The number of urea groups is 1. The topological polar surface area (TPSA) is 72.5 Å². The minimum absolute atomic E-state index is 0.396. The Kier molecular flexibility index (Phi) is 4.84. The number of methoxy groups -OCH3 is 2. The Labute approximate surface area is 127 Å². The zero-order valence-corrected chi connectivity index (χ0v) is 12.3. The van der Waals surface area contributed by atoms with Crippen LogP contribution in [0.4, 0.5) is 16.2 Å². The number of ether oxygens (including phenoxy) is 2. The predicted octanol–water partition coefficient (Wildman–Crippen LogP) is 3.40. The molecule has 0 aliphatic heterocycles. The van der Waals surface area contributed by atoms with Crippen molar-refractivity contribution >= 4 is 29.0 Å². The molecule has 6 nitrogen and oxygen atoms in total. The second-order valence-electron chi connectivity index (χ2n) is 4.01. The molecule has 0 saturated carbocycles. The fraction of sp³-hybridized carbons (Fsp3) is 0.143. The Hall–Kier alpha value is -2.47. The molecule has 2 amide bonds. The number of nitrogens with one attached hydrogen (secondary N) is 2. The third-order valence-electron chi connectivity index (χ3n) is 2.64. The van der Waals surface area contributed by atoms with E-state index in [4.69, 9.17) is 21.1 Å². The number of pyridine rings is 1. The number of amides is 2. The number of anilines is 2. The Morgan fingerprint density at radius 2 is 1.95 bits per heavy atom. The van der Waals surface area contributed by atoms with Crippen molar-refractivity contribution in [3.8, 4) is 11.5 Å². The second-order valence-corrected chi connectivity index (χ2v) is 4.42. The first kappa shape index (κ1) is 14.9. The average Bonchev–Trinajstić information content (AvgIpc) is 2.49. The highest BCUT2D eigenvalue weighted by Gasteiger charge is 2.12. The summed E-state index contributed by atoms with van der Waals surface area (Å²) in [7, 11) is 2.98. The first-order valence-electron chi connectivity index (χ1n) is 6.03. The summed E-state index contributed by atoms with van der Waals surface area (Å²) < 4.78 is 10.3. The fourth-order valence-electron chi connectivity index (χ4n) is 1.68. The van der Waals surface area contributed by atoms with E-state index in [-0.39, 0.29) is 0 Å². The van der Waals surface area contributed by atoms with E-state index in [1.165, 1.54) is 14.2 Å². The van der Waals surface area contributed by atoms with Crippen molar-refractivity contribution in [3.05, 3.63) is 41.7 Å². The van der Waals surface area contributed by atoms with Crippen LogP contribution in [0.15, 0.2) is 36.7 Å². The molecule has 0 saturated heterocycles. The van der Waals surface area contributed by atoms with Crippen molar-refractivity contribution in [1.29, 1.82) is 0 Å². The Balaban J connectivity index is 2.16. The lowest BCUT2D eigenvalue weighted by molar-refractivity contribution is 0.262. The number of hydrogen-bond acceptors (Lipinski definition) is 4. The van der Waals surface area contributed by atoms with Crippen LogP contribution in [0.3, 0.4) is 0 Å². The highest BCUT2D eigenvalue weighted by molar-refractivity contribution is 6.32. The van der Waals surface area contributed by atoms with Gasteiger partial charge in [-0.15, -0.1) is 0 Å². The lowest BCUT2D eigenvalue weighted by Gasteiger charge is -2.13. The van der Waals surface area contributed by atoms with Crippen LogP contribution < -0.4 is 20.1 Å². The van der Waals surface area contributed by atoms with Crippen molar-refractivity contribution < 1.29 is 14.3 Å². The van der Waals surface area contributed by atoms with E-state index in [1.54, 1.807) is 36.7 Å². The van der Waals surface area contributed by atoms with Crippen LogP contribution in [0.1, 0.15) is 0 Å². The van der Waals surface area contributed by atoms with Gasteiger partial charge in [-0.05, 0) is 12.1 Å². The number of nitrogens with zero attached hydrogens (tertiary/aromatic N) is 1. The molecule has 110 valence electrons. The maximum absolute atomic E-state index is 12.0. The average molecular weight is 308 g/mol. The molecule has 2 aromatic rings. The molecule has 21 heavy (non-hydrogen) atoms. The largest absolute Gasteiger partial charge is 0.495 e. The zero-order chi connectivity index (χ0) is 15.2. The Morgan fingerprint density at radius 3 is 2.57 bits per heavy atom. The van der Waals surface area contributed by atoms with Gasteiger partial charge in [0.2, 0.25) is 0 Å². The number of benzene rings is 1. The molecule has 7 heteroatoms. The molecular formula is C14H14ClN3O3. The van der Waals surface area contributed by atoms with Crippen LogP contribution in [0.2, 0.25) is 5.02 Å². The lowest BCUT2D eigenvalue weighted by atomic mass is 10.2. The summed E-state index contributed by atoms with van der Waals surface area (Å²) >= 11 is 6.00. The molecule has 1 aromatic heterocycles. The van der Waals surface area contributed by atoms with Gasteiger partial charge in [0, 0.05) is 18.3 Å². The third-order valence-corrected chi connectivity index (χ3v) is 2.94. The minimum atomic E-state index is -0.425. The van der Waals surface area contributed by atoms with Gasteiger partial charge in [0.05, 0.1) is 36.8 Å². The van der Waals surface area contributed by atoms with E-state index in [1.807, 2.05) is 0 Å². The third kappa shape index (κ3) is 3.76. The molecule has 0 atom stereocenters. The monoisotopic (exact) mass is 307 g/mol. The van der Waals surface area contributed by atoms with Gasteiger partial charge in [0.25, 0.3) is 0 Å². The molecule has 0 unspecified atom stereocenters. The number of hydrogen-bond donors (Lipinski definition) is 2. The van der Waals surface area contributed by atoms with Crippen LogP contribution in [0, 0.1) is 0 Å². The summed E-state index contributed by atoms with van der Waals surface area (Å²) in [5, 5.41) is 5.72. The molecule has 2 N–H and O–H groups in total. The standard InChI is InChI=1S/C14H14ClN3O3/c1-20-12-7-11(13(21-2)6-10(12)15)18-14(19)17-9-4-3-5-16-8-9/h3-8H,1-2H3,(H2,17,18,19). The molecule has 0 spiro atoms. The van der Waals surface area contributed by atoms with Crippen molar-refractivity contribution in [2.45, 2.75) is 0 Å². The normalized spacial score (nSPS) is 9.86. The van der Waals surface area contributed by atoms with Gasteiger partial charge in [-0.1, -0.05) is 11.6 Å². The smallest absolute Gasteiger partial charge is 0.323 e. The highest BCUT2D eigenvalue weighted by atomic mass is 35.5. The van der Waals surface area contributed by atoms with E-state index >= 15 is 0 Å². The number of aromatic nitrogens is 1. The quantitative estimate of drug-likeness (QED) is 0.908. The number of carbonyl (C=O) groups excluding carboxylic acids is 1. The fourth-order valence-corrected chi connectivity index (χ4v) is 1.91. The summed E-state index contributed by atoms with van der Waals surface area (Å²) in [6, 6.07) is 6.18. The number of carbonyl (C=O) groups is 1. The summed E-state index contributed by atoms with van der Waals surface area (Å²) in [4.78, 5) is 15.9. The first-order chi connectivity index (χ1) is 10.1. The molecule has 1 heterocycles. The van der Waals surface area contributed by atoms with E-state index in [2.05, 4.69) is 15.6 Å². The highest BCUT2D eigenvalue weighted by Crippen LogP contribution is 2.35. The Morgan fingerprint density at radius 1 is 1.19 bits per heavy atom. The molecule has 0 aliphatic rings. The Bertz CT molecular complexity index is 635. The molecule has 0 bridgehead atoms. The van der Waals surface area contributed by atoms with Gasteiger partial charge < -0.3 is 20.1 Å². The second kappa shape index (κ2) is 6.81. The van der Waals surface area contributed by atoms with E-state index in [0.29, 0.717) is 27.9 Å². The maximum atomic E-state index is 12.0. The van der Waals surface area contributed by atoms with Crippen molar-refractivity contribution in [1.82, 2.24) is 4.98 Å². The molecule has 2 rings (SSSR count). The summed E-state index contributed by atoms with van der Waals surface area (Å²) in [5.74, 6) is 0.872. The van der Waals surface area contributed by atoms with E-state index in [9.17, 15) is 4.79 Å². The molecule has 1 aromatic carbocycles. The summed E-state index contributed by atoms with van der Waals surface area (Å²) in [5.41, 5.74) is 1.02. The van der Waals surface area contributed by atoms with E-state index < -0.39 is 6.03 Å². The molecule has 0 aliphatic carbocycles. The number of rotatable bonds is 4. The number of halogens is 1. The van der Waals surface area contributed by atoms with Crippen molar-refractivity contribution in [2.24, 2.45) is 0 Å². The molecular weight excluding hydrogens is 294 g/mol. The van der Waals surface area contributed by atoms with Crippen LogP contribution in [0.5, 0.6) is 11.5 Å². The lowest BCUT2D eigenvalue weighted by Crippen LogP contribution is -2.19. The molecule has 0 fully saturated rings. The SMILES string of the molecule is COc1cc(NC(=O)Nc2cccnc2)c(OC)cc1Cl. The zero-order valence-electron chi connectivity index (χ0n) is 11.5. The van der Waals surface area contributed by atoms with Gasteiger partial charge in [0.15, 0.2) is 0 Å². The van der Waals surface area contributed by atoms with Gasteiger partial charge >= 0.3 is 6.03 Å². The maximum Gasteiger partial charge on any atom is 0.323 e. The van der Waals surface area contributed by atoms with Crippen molar-refractivity contribution in [3.63, 3.8) is 0 Å². The van der Waals surface area contributed by atoms with E-state index in [0.717, 1.165) is 0 Å². The van der Waals surface area contributed by atoms with Gasteiger partial charge in [-0.3, -0.25) is 4.98 Å². The summed E-state index contributed by atoms with van der Waals surface area (Å²) in [6.07, 6.45) is 3.16. The molecule has 0 radical (unpaired) electrons.